The van der Waals surface area contributed by atoms with Gasteiger partial charge in [0, 0.05) is 12.1 Å². The van der Waals surface area contributed by atoms with Crippen LogP contribution in [0.3, 0.4) is 0 Å². The highest BCUT2D eigenvalue weighted by Gasteiger charge is 2.10. The van der Waals surface area contributed by atoms with Crippen molar-refractivity contribution in [2.24, 2.45) is 0 Å². The van der Waals surface area contributed by atoms with Crippen LogP contribution in [0.15, 0.2) is 0 Å². The lowest BCUT2D eigenvalue weighted by molar-refractivity contribution is 0.397. The van der Waals surface area contributed by atoms with Gasteiger partial charge >= 0.3 is 0 Å². The molecule has 0 rings (SSSR count). The predicted octanol–water partition coefficient (Wildman–Crippen LogP) is 1.76. The van der Waals surface area contributed by atoms with Crippen molar-refractivity contribution in [3.05, 3.63) is 0 Å². The lowest BCUT2D eigenvalue weighted by Gasteiger charge is -2.23. The van der Waals surface area contributed by atoms with Gasteiger partial charge in [-0.05, 0) is 33.4 Å². The molecule has 0 aliphatic heterocycles. The molecule has 0 fully saturated rings. The number of hydrogen-bond acceptors (Lipinski definition) is 2. The molecule has 0 saturated carbocycles. The van der Waals surface area contributed by atoms with Crippen LogP contribution in [-0.2, 0) is 0 Å². The molecule has 2 unspecified atom stereocenters. The zero-order chi connectivity index (χ0) is 9.40. The highest BCUT2D eigenvalue weighted by atomic mass is 15.0. The maximum absolute atomic E-state index is 3.52. The van der Waals surface area contributed by atoms with Gasteiger partial charge < -0.3 is 10.6 Å². The van der Waals surface area contributed by atoms with E-state index in [2.05, 4.69) is 31.4 Å². The minimum atomic E-state index is 0.589. The van der Waals surface area contributed by atoms with Gasteiger partial charge in [-0.1, -0.05) is 20.3 Å². The molecule has 0 aliphatic carbocycles. The zero-order valence-corrected chi connectivity index (χ0v) is 8.98. The van der Waals surface area contributed by atoms with Gasteiger partial charge in [0.1, 0.15) is 0 Å². The summed E-state index contributed by atoms with van der Waals surface area (Å²) in [6.07, 6.45) is 3.75. The first-order valence-corrected chi connectivity index (χ1v) is 5.16. The summed E-state index contributed by atoms with van der Waals surface area (Å²) < 4.78 is 0. The molecular weight excluding hydrogens is 148 g/mol. The highest BCUT2D eigenvalue weighted by Crippen LogP contribution is 1.97. The normalized spacial score (nSPS) is 16.0. The zero-order valence-electron chi connectivity index (χ0n) is 8.98. The second-order valence-corrected chi connectivity index (χ2v) is 3.40. The van der Waals surface area contributed by atoms with Crippen molar-refractivity contribution in [1.82, 2.24) is 10.6 Å². The average Bonchev–Trinajstić information content (AvgIpc) is 2.07. The van der Waals surface area contributed by atoms with Gasteiger partial charge in [0.15, 0.2) is 0 Å². The molecule has 2 heteroatoms. The fourth-order valence-electron chi connectivity index (χ4n) is 1.46. The second-order valence-electron chi connectivity index (χ2n) is 3.40. The second kappa shape index (κ2) is 7.56. The van der Waals surface area contributed by atoms with Crippen molar-refractivity contribution in [2.45, 2.75) is 52.1 Å². The van der Waals surface area contributed by atoms with Gasteiger partial charge in [0.2, 0.25) is 0 Å². The summed E-state index contributed by atoms with van der Waals surface area (Å²) in [4.78, 5) is 0. The van der Waals surface area contributed by atoms with Crippen molar-refractivity contribution >= 4 is 0 Å². The SMILES string of the molecule is CCCCNC(C)C(CC)NC. The van der Waals surface area contributed by atoms with E-state index in [1.54, 1.807) is 0 Å². The summed E-state index contributed by atoms with van der Waals surface area (Å²) in [7, 11) is 2.03. The Bertz CT molecular complexity index is 89.8. The third-order valence-electron chi connectivity index (χ3n) is 2.41. The molecule has 0 heterocycles. The Kier molecular flexibility index (Phi) is 7.51. The van der Waals surface area contributed by atoms with E-state index in [0.717, 1.165) is 6.54 Å². The Balaban J connectivity index is 3.47. The Morgan fingerprint density at radius 1 is 1.25 bits per heavy atom. The van der Waals surface area contributed by atoms with E-state index in [4.69, 9.17) is 0 Å². The van der Waals surface area contributed by atoms with Crippen LogP contribution in [0.1, 0.15) is 40.0 Å². The number of likely N-dealkylation sites (N-methyl/N-ethyl adjacent to an activating group) is 1. The molecule has 0 aromatic rings. The quantitative estimate of drug-likeness (QED) is 0.572. The summed E-state index contributed by atoms with van der Waals surface area (Å²) in [5.41, 5.74) is 0. The third-order valence-corrected chi connectivity index (χ3v) is 2.41. The van der Waals surface area contributed by atoms with Crippen LogP contribution < -0.4 is 10.6 Å². The first-order valence-electron chi connectivity index (χ1n) is 5.16. The van der Waals surface area contributed by atoms with Gasteiger partial charge in [-0.3, -0.25) is 0 Å². The van der Waals surface area contributed by atoms with Crippen LogP contribution in [-0.4, -0.2) is 25.7 Å². The Labute approximate surface area is 77.1 Å². The molecule has 0 aromatic carbocycles. The highest BCUT2D eigenvalue weighted by molar-refractivity contribution is 4.75. The molecule has 0 aliphatic rings. The van der Waals surface area contributed by atoms with Crippen molar-refractivity contribution in [3.8, 4) is 0 Å². The molecule has 0 saturated heterocycles. The van der Waals surface area contributed by atoms with Crippen LogP contribution in [0, 0.1) is 0 Å². The van der Waals surface area contributed by atoms with Gasteiger partial charge in [0.05, 0.1) is 0 Å². The van der Waals surface area contributed by atoms with Crippen molar-refractivity contribution < 1.29 is 0 Å². The van der Waals surface area contributed by atoms with Crippen molar-refractivity contribution in [2.75, 3.05) is 13.6 Å². The molecule has 0 amide bonds. The van der Waals surface area contributed by atoms with Gasteiger partial charge in [-0.25, -0.2) is 0 Å². The average molecular weight is 172 g/mol. The lowest BCUT2D eigenvalue weighted by atomic mass is 10.1. The molecule has 2 N–H and O–H groups in total. The third kappa shape index (κ3) is 4.73. The Hall–Kier alpha value is -0.0800. The molecular formula is C10H24N2. The van der Waals surface area contributed by atoms with E-state index in [9.17, 15) is 0 Å². The Morgan fingerprint density at radius 3 is 2.33 bits per heavy atom. The van der Waals surface area contributed by atoms with Crippen LogP contribution >= 0.6 is 0 Å². The van der Waals surface area contributed by atoms with E-state index in [1.165, 1.54) is 19.3 Å². The van der Waals surface area contributed by atoms with Crippen LogP contribution in [0.2, 0.25) is 0 Å². The number of rotatable bonds is 7. The molecule has 2 nitrogen and oxygen atoms in total. The van der Waals surface area contributed by atoms with E-state index in [-0.39, 0.29) is 0 Å². The smallest absolute Gasteiger partial charge is 0.0212 e. The molecule has 2 atom stereocenters. The monoisotopic (exact) mass is 172 g/mol. The van der Waals surface area contributed by atoms with Crippen molar-refractivity contribution in [1.29, 1.82) is 0 Å². The lowest BCUT2D eigenvalue weighted by Crippen LogP contribution is -2.44. The van der Waals surface area contributed by atoms with Gasteiger partial charge in [0.25, 0.3) is 0 Å². The first kappa shape index (κ1) is 11.9. The van der Waals surface area contributed by atoms with E-state index < -0.39 is 0 Å². The largest absolute Gasteiger partial charge is 0.315 e. The number of unbranched alkanes of at least 4 members (excludes halogenated alkanes) is 1. The van der Waals surface area contributed by atoms with Crippen LogP contribution in [0.4, 0.5) is 0 Å². The molecule has 0 bridgehead atoms. The maximum atomic E-state index is 3.52. The fourth-order valence-corrected chi connectivity index (χ4v) is 1.46. The van der Waals surface area contributed by atoms with E-state index >= 15 is 0 Å². The van der Waals surface area contributed by atoms with Gasteiger partial charge in [-0.2, -0.15) is 0 Å². The van der Waals surface area contributed by atoms with Crippen LogP contribution in [0.25, 0.3) is 0 Å². The van der Waals surface area contributed by atoms with E-state index in [1.807, 2.05) is 7.05 Å². The molecule has 0 aromatic heterocycles. The minimum absolute atomic E-state index is 0.589. The molecule has 12 heavy (non-hydrogen) atoms. The fraction of sp³-hybridized carbons (Fsp3) is 1.00. The predicted molar refractivity (Wildman–Crippen MR) is 55.5 cm³/mol. The topological polar surface area (TPSA) is 24.1 Å². The standard InChI is InChI=1S/C10H24N2/c1-5-7-8-12-9(3)10(6-2)11-4/h9-12H,5-8H2,1-4H3. The minimum Gasteiger partial charge on any atom is -0.315 e. The van der Waals surface area contributed by atoms with Crippen molar-refractivity contribution in [3.63, 3.8) is 0 Å². The van der Waals surface area contributed by atoms with E-state index in [0.29, 0.717) is 12.1 Å². The number of nitrogens with one attached hydrogen (secondary N) is 2. The summed E-state index contributed by atoms with van der Waals surface area (Å²) in [6.45, 7) is 7.84. The number of hydrogen-bond donors (Lipinski definition) is 2. The Morgan fingerprint density at radius 2 is 1.92 bits per heavy atom. The maximum Gasteiger partial charge on any atom is 0.0212 e. The first-order chi connectivity index (χ1) is 5.76. The molecule has 0 spiro atoms. The van der Waals surface area contributed by atoms with Crippen LogP contribution in [0.5, 0.6) is 0 Å². The van der Waals surface area contributed by atoms with Gasteiger partial charge in [-0.15, -0.1) is 0 Å². The summed E-state index contributed by atoms with van der Waals surface area (Å²) in [5, 5.41) is 6.84. The summed E-state index contributed by atoms with van der Waals surface area (Å²) >= 11 is 0. The molecule has 74 valence electrons. The molecule has 0 radical (unpaired) electrons. The summed E-state index contributed by atoms with van der Waals surface area (Å²) in [6, 6.07) is 1.20. The summed E-state index contributed by atoms with van der Waals surface area (Å²) in [5.74, 6) is 0.